The molecule has 0 atom stereocenters. The van der Waals surface area contributed by atoms with E-state index in [4.69, 9.17) is 0 Å². The summed E-state index contributed by atoms with van der Waals surface area (Å²) in [7, 11) is 0.203. The first-order chi connectivity index (χ1) is 13.9. The van der Waals surface area contributed by atoms with Gasteiger partial charge in [0, 0.05) is 42.6 Å². The summed E-state index contributed by atoms with van der Waals surface area (Å²) in [5, 5.41) is 6.37. The molecule has 0 bridgehead atoms. The molecule has 0 saturated carbocycles. The van der Waals surface area contributed by atoms with Gasteiger partial charge in [-0.1, -0.05) is 24.3 Å². The van der Waals surface area contributed by atoms with Gasteiger partial charge in [-0.15, -0.1) is 0 Å². The summed E-state index contributed by atoms with van der Waals surface area (Å²) in [5.41, 5.74) is 3.46. The molecule has 0 aliphatic carbocycles. The van der Waals surface area contributed by atoms with Crippen molar-refractivity contribution in [3.8, 4) is 0 Å². The third-order valence-corrected chi connectivity index (χ3v) is 7.24. The Balaban J connectivity index is 1.69. The van der Waals surface area contributed by atoms with Crippen LogP contribution in [0.2, 0.25) is 0 Å². The lowest BCUT2D eigenvalue weighted by atomic mass is 10.0. The van der Waals surface area contributed by atoms with E-state index in [2.05, 4.69) is 23.1 Å². The number of likely N-dealkylation sites (N-methyl/N-ethyl adjacent to an activating group) is 1. The molecule has 0 radical (unpaired) electrons. The standard InChI is InChI=1S/C22H22N4O2S/c1-24-12-9-16(10-13-24)22-19-5-3-4-6-21(19)26(23-22)29(27,28)18-7-8-20-17(15-18)11-14-25(20)2/h3-9,11,14-15H,10,12-13H2,1-2H3. The molecule has 0 amide bonds. The second-order valence-corrected chi connectivity index (χ2v) is 9.37. The molecule has 4 aromatic rings. The molecule has 0 N–H and O–H groups in total. The molecule has 1 aliphatic rings. The molecule has 0 saturated heterocycles. The van der Waals surface area contributed by atoms with Gasteiger partial charge in [-0.05, 0) is 49.4 Å². The second-order valence-electron chi connectivity index (χ2n) is 7.60. The molecule has 0 spiro atoms. The van der Waals surface area contributed by atoms with E-state index in [1.807, 2.05) is 54.2 Å². The van der Waals surface area contributed by atoms with Gasteiger partial charge in [-0.3, -0.25) is 0 Å². The summed E-state index contributed by atoms with van der Waals surface area (Å²) in [6.07, 6.45) is 4.92. The minimum Gasteiger partial charge on any atom is -0.351 e. The van der Waals surface area contributed by atoms with Crippen molar-refractivity contribution in [2.24, 2.45) is 7.05 Å². The maximum absolute atomic E-state index is 13.5. The molecule has 6 nitrogen and oxygen atoms in total. The average Bonchev–Trinajstić information content (AvgIpc) is 3.30. The molecule has 2 aromatic heterocycles. The van der Waals surface area contributed by atoms with Crippen molar-refractivity contribution in [1.82, 2.24) is 18.7 Å². The van der Waals surface area contributed by atoms with E-state index in [0.29, 0.717) is 5.52 Å². The maximum Gasteiger partial charge on any atom is 0.283 e. The number of rotatable bonds is 3. The monoisotopic (exact) mass is 406 g/mol. The summed E-state index contributed by atoms with van der Waals surface area (Å²) in [6.45, 7) is 1.78. The van der Waals surface area contributed by atoms with Crippen LogP contribution in [0.15, 0.2) is 65.7 Å². The summed E-state index contributed by atoms with van der Waals surface area (Å²) >= 11 is 0. The van der Waals surface area contributed by atoms with Crippen molar-refractivity contribution in [2.45, 2.75) is 11.3 Å². The Morgan fingerprint density at radius 2 is 1.83 bits per heavy atom. The number of aryl methyl sites for hydroxylation is 1. The van der Waals surface area contributed by atoms with Gasteiger partial charge >= 0.3 is 0 Å². The molecule has 5 rings (SSSR count). The highest BCUT2D eigenvalue weighted by molar-refractivity contribution is 7.90. The fourth-order valence-corrected chi connectivity index (χ4v) is 5.29. The van der Waals surface area contributed by atoms with Gasteiger partial charge in [-0.25, -0.2) is 0 Å². The summed E-state index contributed by atoms with van der Waals surface area (Å²) < 4.78 is 30.2. The zero-order valence-corrected chi connectivity index (χ0v) is 17.2. The zero-order valence-electron chi connectivity index (χ0n) is 16.4. The van der Waals surface area contributed by atoms with Crippen molar-refractivity contribution in [2.75, 3.05) is 20.1 Å². The van der Waals surface area contributed by atoms with Crippen molar-refractivity contribution in [3.05, 3.63) is 66.5 Å². The van der Waals surface area contributed by atoms with Gasteiger partial charge in [-0.2, -0.15) is 17.6 Å². The van der Waals surface area contributed by atoms with Gasteiger partial charge in [0.05, 0.1) is 16.1 Å². The number of hydrogen-bond acceptors (Lipinski definition) is 4. The van der Waals surface area contributed by atoms with Crippen molar-refractivity contribution >= 4 is 37.4 Å². The van der Waals surface area contributed by atoms with E-state index < -0.39 is 10.0 Å². The van der Waals surface area contributed by atoms with Crippen LogP contribution in [0.4, 0.5) is 0 Å². The molecule has 29 heavy (non-hydrogen) atoms. The summed E-state index contributed by atoms with van der Waals surface area (Å²) in [4.78, 5) is 2.47. The third-order valence-electron chi connectivity index (χ3n) is 5.65. The molecule has 1 aliphatic heterocycles. The highest BCUT2D eigenvalue weighted by Crippen LogP contribution is 2.31. The van der Waals surface area contributed by atoms with Gasteiger partial charge in [0.25, 0.3) is 10.0 Å². The Bertz CT molecular complexity index is 1380. The number of benzene rings is 2. The van der Waals surface area contributed by atoms with Gasteiger partial charge in [0.15, 0.2) is 0 Å². The maximum atomic E-state index is 13.5. The Morgan fingerprint density at radius 1 is 1.00 bits per heavy atom. The number of nitrogens with zero attached hydrogens (tertiary/aromatic N) is 4. The topological polar surface area (TPSA) is 60.1 Å². The van der Waals surface area contributed by atoms with E-state index >= 15 is 0 Å². The number of aromatic nitrogens is 3. The van der Waals surface area contributed by atoms with Crippen molar-refractivity contribution < 1.29 is 8.42 Å². The van der Waals surface area contributed by atoms with Crippen LogP contribution in [-0.2, 0) is 17.1 Å². The minimum atomic E-state index is -3.82. The fraction of sp³-hybridized carbons (Fsp3) is 0.227. The predicted molar refractivity (Wildman–Crippen MR) is 115 cm³/mol. The normalized spacial score (nSPS) is 15.9. The zero-order chi connectivity index (χ0) is 20.2. The third kappa shape index (κ3) is 2.89. The van der Waals surface area contributed by atoms with Crippen LogP contribution in [-0.4, -0.2) is 47.2 Å². The van der Waals surface area contributed by atoms with E-state index in [1.165, 1.54) is 4.09 Å². The first-order valence-electron chi connectivity index (χ1n) is 9.61. The lowest BCUT2D eigenvalue weighted by Crippen LogP contribution is -2.24. The van der Waals surface area contributed by atoms with Gasteiger partial charge < -0.3 is 9.47 Å². The first kappa shape index (κ1) is 18.1. The molecule has 148 valence electrons. The van der Waals surface area contributed by atoms with Crippen LogP contribution in [0.1, 0.15) is 12.1 Å². The fourth-order valence-electron chi connectivity index (χ4n) is 3.97. The Labute approximate surface area is 169 Å². The lowest BCUT2D eigenvalue weighted by Gasteiger charge is -2.21. The van der Waals surface area contributed by atoms with Crippen molar-refractivity contribution in [1.29, 1.82) is 0 Å². The van der Waals surface area contributed by atoms with Gasteiger partial charge in [0.1, 0.15) is 0 Å². The molecule has 7 heteroatoms. The van der Waals surface area contributed by atoms with E-state index in [9.17, 15) is 8.42 Å². The quantitative estimate of drug-likeness (QED) is 0.523. The van der Waals surface area contributed by atoms with E-state index in [1.54, 1.807) is 12.1 Å². The second kappa shape index (κ2) is 6.57. The van der Waals surface area contributed by atoms with Crippen LogP contribution >= 0.6 is 0 Å². The Hall–Kier alpha value is -2.90. The van der Waals surface area contributed by atoms with Crippen LogP contribution in [0.5, 0.6) is 0 Å². The van der Waals surface area contributed by atoms with Gasteiger partial charge in [0.2, 0.25) is 0 Å². The van der Waals surface area contributed by atoms with Crippen LogP contribution in [0, 0.1) is 0 Å². The predicted octanol–water partition coefficient (Wildman–Crippen LogP) is 3.48. The largest absolute Gasteiger partial charge is 0.351 e. The number of hydrogen-bond donors (Lipinski definition) is 0. The molecular weight excluding hydrogens is 384 g/mol. The number of para-hydroxylation sites is 1. The Morgan fingerprint density at radius 3 is 2.62 bits per heavy atom. The minimum absolute atomic E-state index is 0.244. The smallest absolute Gasteiger partial charge is 0.283 e. The Kier molecular flexibility index (Phi) is 4.11. The SMILES string of the molecule is CN1CC=C(c2nn(S(=O)(=O)c3ccc4c(ccn4C)c3)c3ccccc23)CC1. The lowest BCUT2D eigenvalue weighted by molar-refractivity contribution is 0.370. The molecule has 3 heterocycles. The molecule has 2 aromatic carbocycles. The van der Waals surface area contributed by atoms with E-state index in [0.717, 1.165) is 47.1 Å². The van der Waals surface area contributed by atoms with Crippen molar-refractivity contribution in [3.63, 3.8) is 0 Å². The highest BCUT2D eigenvalue weighted by Gasteiger charge is 2.25. The summed E-state index contributed by atoms with van der Waals surface area (Å²) in [5.74, 6) is 0. The van der Waals surface area contributed by atoms with Crippen LogP contribution < -0.4 is 0 Å². The molecule has 0 unspecified atom stereocenters. The van der Waals surface area contributed by atoms with E-state index in [-0.39, 0.29) is 4.90 Å². The molecule has 0 fully saturated rings. The van der Waals surface area contributed by atoms with Crippen LogP contribution in [0.25, 0.3) is 27.4 Å². The highest BCUT2D eigenvalue weighted by atomic mass is 32.2. The molecular formula is C22H22N4O2S. The average molecular weight is 407 g/mol. The first-order valence-corrected chi connectivity index (χ1v) is 11.1. The van der Waals surface area contributed by atoms with Crippen LogP contribution in [0.3, 0.4) is 0 Å². The number of fused-ring (bicyclic) bond motifs is 2. The summed E-state index contributed by atoms with van der Waals surface area (Å²) in [6, 6.07) is 14.7.